The fourth-order valence-electron chi connectivity index (χ4n) is 2.75. The Morgan fingerprint density at radius 1 is 1.31 bits per heavy atom. The molecule has 0 amide bonds. The minimum Gasteiger partial charge on any atom is -0.310 e. The maximum atomic E-state index is 3.78. The number of piperidine rings is 1. The molecule has 1 aliphatic heterocycles. The highest BCUT2D eigenvalue weighted by molar-refractivity contribution is 7.10. The largest absolute Gasteiger partial charge is 0.310 e. The lowest BCUT2D eigenvalue weighted by Crippen LogP contribution is -2.47. The van der Waals surface area contributed by atoms with Gasteiger partial charge in [-0.1, -0.05) is 6.07 Å². The summed E-state index contributed by atoms with van der Waals surface area (Å²) in [5.74, 6) is 0.745. The van der Waals surface area contributed by atoms with Crippen LogP contribution in [0.3, 0.4) is 0 Å². The van der Waals surface area contributed by atoms with Crippen LogP contribution >= 0.6 is 11.3 Å². The lowest BCUT2D eigenvalue weighted by Gasteiger charge is -2.36. The van der Waals surface area contributed by atoms with Gasteiger partial charge in [-0.15, -0.1) is 11.3 Å². The fourth-order valence-corrected chi connectivity index (χ4v) is 3.59. The normalized spacial score (nSPS) is 31.8. The molecular formula is C13H20N2S. The maximum Gasteiger partial charge on any atom is 0.0204 e. The van der Waals surface area contributed by atoms with Crippen LogP contribution in [0.5, 0.6) is 0 Å². The lowest BCUT2D eigenvalue weighted by molar-refractivity contribution is 0.205. The van der Waals surface area contributed by atoms with Crippen LogP contribution in [0.2, 0.25) is 0 Å². The van der Waals surface area contributed by atoms with Crippen molar-refractivity contribution in [3.63, 3.8) is 0 Å². The first-order valence-corrected chi connectivity index (χ1v) is 7.17. The summed E-state index contributed by atoms with van der Waals surface area (Å²) in [5, 5.41) is 5.98. The molecule has 1 N–H and O–H groups in total. The molecule has 2 atom stereocenters. The van der Waals surface area contributed by atoms with E-state index in [1.165, 1.54) is 32.4 Å². The summed E-state index contributed by atoms with van der Waals surface area (Å²) in [6.45, 7) is 2.45. The van der Waals surface area contributed by atoms with E-state index in [4.69, 9.17) is 0 Å². The molecule has 88 valence electrons. The molecule has 2 heterocycles. The van der Waals surface area contributed by atoms with Crippen molar-refractivity contribution in [2.75, 3.05) is 20.1 Å². The molecule has 1 saturated carbocycles. The van der Waals surface area contributed by atoms with E-state index < -0.39 is 0 Å². The Kier molecular flexibility index (Phi) is 3.01. The Bertz CT molecular complexity index is 330. The molecule has 3 rings (SSSR count). The zero-order valence-electron chi connectivity index (χ0n) is 9.86. The molecular weight excluding hydrogens is 216 g/mol. The SMILES string of the molecule is CN1CC(NC2CC2)CC(c2cccs2)C1. The maximum absolute atomic E-state index is 3.78. The Balaban J connectivity index is 1.65. The topological polar surface area (TPSA) is 15.3 Å². The van der Waals surface area contributed by atoms with Gasteiger partial charge < -0.3 is 10.2 Å². The van der Waals surface area contributed by atoms with Gasteiger partial charge in [-0.05, 0) is 37.8 Å². The van der Waals surface area contributed by atoms with Crippen molar-refractivity contribution < 1.29 is 0 Å². The highest BCUT2D eigenvalue weighted by Crippen LogP contribution is 2.31. The van der Waals surface area contributed by atoms with Gasteiger partial charge in [-0.2, -0.15) is 0 Å². The molecule has 2 aliphatic rings. The summed E-state index contributed by atoms with van der Waals surface area (Å²) in [7, 11) is 2.25. The fraction of sp³-hybridized carbons (Fsp3) is 0.692. The van der Waals surface area contributed by atoms with Crippen LogP contribution in [0, 0.1) is 0 Å². The Morgan fingerprint density at radius 2 is 2.19 bits per heavy atom. The molecule has 1 aliphatic carbocycles. The van der Waals surface area contributed by atoms with Gasteiger partial charge in [0.15, 0.2) is 0 Å². The van der Waals surface area contributed by atoms with Crippen molar-refractivity contribution in [3.05, 3.63) is 22.4 Å². The summed E-state index contributed by atoms with van der Waals surface area (Å²) < 4.78 is 0. The zero-order valence-corrected chi connectivity index (χ0v) is 10.7. The van der Waals surface area contributed by atoms with Crippen molar-refractivity contribution >= 4 is 11.3 Å². The molecule has 0 aromatic carbocycles. The molecule has 1 saturated heterocycles. The second-order valence-corrected chi connectivity index (χ2v) is 6.29. The van der Waals surface area contributed by atoms with E-state index >= 15 is 0 Å². The first-order valence-electron chi connectivity index (χ1n) is 6.29. The van der Waals surface area contributed by atoms with Crippen molar-refractivity contribution in [3.8, 4) is 0 Å². The van der Waals surface area contributed by atoms with Gasteiger partial charge in [0.25, 0.3) is 0 Å². The predicted octanol–water partition coefficient (Wildman–Crippen LogP) is 2.29. The Hall–Kier alpha value is -0.380. The number of thiophene rings is 1. The molecule has 3 heteroatoms. The van der Waals surface area contributed by atoms with Gasteiger partial charge in [0, 0.05) is 36.0 Å². The number of nitrogens with one attached hydrogen (secondary N) is 1. The molecule has 1 aromatic rings. The number of nitrogens with zero attached hydrogens (tertiary/aromatic N) is 1. The van der Waals surface area contributed by atoms with Crippen LogP contribution in [0.25, 0.3) is 0 Å². The number of rotatable bonds is 3. The van der Waals surface area contributed by atoms with Crippen LogP contribution < -0.4 is 5.32 Å². The molecule has 16 heavy (non-hydrogen) atoms. The number of hydrogen-bond acceptors (Lipinski definition) is 3. The van der Waals surface area contributed by atoms with E-state index in [9.17, 15) is 0 Å². The molecule has 2 nitrogen and oxygen atoms in total. The van der Waals surface area contributed by atoms with Crippen LogP contribution in [-0.2, 0) is 0 Å². The zero-order chi connectivity index (χ0) is 11.0. The summed E-state index contributed by atoms with van der Waals surface area (Å²) >= 11 is 1.91. The second-order valence-electron chi connectivity index (χ2n) is 5.31. The van der Waals surface area contributed by atoms with E-state index in [-0.39, 0.29) is 0 Å². The quantitative estimate of drug-likeness (QED) is 0.866. The van der Waals surface area contributed by atoms with Crippen molar-refractivity contribution in [2.24, 2.45) is 0 Å². The van der Waals surface area contributed by atoms with E-state index in [0.717, 1.165) is 12.0 Å². The van der Waals surface area contributed by atoms with Gasteiger partial charge in [0.1, 0.15) is 0 Å². The van der Waals surface area contributed by atoms with Crippen molar-refractivity contribution in [1.29, 1.82) is 0 Å². The number of hydrogen-bond donors (Lipinski definition) is 1. The minimum absolute atomic E-state index is 0.707. The third kappa shape index (κ3) is 2.47. The minimum atomic E-state index is 0.707. The molecule has 0 bridgehead atoms. The Morgan fingerprint density at radius 3 is 2.88 bits per heavy atom. The highest BCUT2D eigenvalue weighted by Gasteiger charge is 2.31. The first kappa shape index (κ1) is 10.8. The van der Waals surface area contributed by atoms with Gasteiger partial charge in [-0.3, -0.25) is 0 Å². The van der Waals surface area contributed by atoms with Crippen LogP contribution in [0.1, 0.15) is 30.1 Å². The monoisotopic (exact) mass is 236 g/mol. The molecule has 1 aromatic heterocycles. The molecule has 2 fully saturated rings. The molecule has 0 radical (unpaired) electrons. The van der Waals surface area contributed by atoms with E-state index in [1.54, 1.807) is 4.88 Å². The average molecular weight is 236 g/mol. The van der Waals surface area contributed by atoms with Crippen LogP contribution in [0.4, 0.5) is 0 Å². The van der Waals surface area contributed by atoms with Crippen molar-refractivity contribution in [1.82, 2.24) is 10.2 Å². The van der Waals surface area contributed by atoms with E-state index in [1.807, 2.05) is 11.3 Å². The first-order chi connectivity index (χ1) is 7.81. The predicted molar refractivity (Wildman–Crippen MR) is 69.1 cm³/mol. The third-order valence-electron chi connectivity index (χ3n) is 3.63. The summed E-state index contributed by atoms with van der Waals surface area (Å²) in [4.78, 5) is 4.04. The Labute approximate surface area is 102 Å². The highest BCUT2D eigenvalue weighted by atomic mass is 32.1. The average Bonchev–Trinajstić information content (AvgIpc) is 2.90. The number of likely N-dealkylation sites (tertiary alicyclic amines) is 1. The standard InChI is InChI=1S/C13H20N2S/c1-15-8-10(13-3-2-6-16-13)7-12(9-15)14-11-4-5-11/h2-3,6,10-12,14H,4-5,7-9H2,1H3. The third-order valence-corrected chi connectivity index (χ3v) is 4.66. The van der Waals surface area contributed by atoms with Gasteiger partial charge in [0.2, 0.25) is 0 Å². The van der Waals surface area contributed by atoms with Crippen molar-refractivity contribution in [2.45, 2.75) is 37.3 Å². The smallest absolute Gasteiger partial charge is 0.0204 e. The lowest BCUT2D eigenvalue weighted by atomic mass is 9.93. The van der Waals surface area contributed by atoms with E-state index in [0.29, 0.717) is 6.04 Å². The summed E-state index contributed by atoms with van der Waals surface area (Å²) in [6.07, 6.45) is 4.11. The second kappa shape index (κ2) is 4.47. The van der Waals surface area contributed by atoms with Crippen LogP contribution in [-0.4, -0.2) is 37.1 Å². The van der Waals surface area contributed by atoms with Gasteiger partial charge >= 0.3 is 0 Å². The van der Waals surface area contributed by atoms with Gasteiger partial charge in [0.05, 0.1) is 0 Å². The molecule has 2 unspecified atom stereocenters. The molecule has 0 spiro atoms. The van der Waals surface area contributed by atoms with Gasteiger partial charge in [-0.25, -0.2) is 0 Å². The number of likely N-dealkylation sites (N-methyl/N-ethyl adjacent to an activating group) is 1. The summed E-state index contributed by atoms with van der Waals surface area (Å²) in [5.41, 5.74) is 0. The summed E-state index contributed by atoms with van der Waals surface area (Å²) in [6, 6.07) is 6.01. The van der Waals surface area contributed by atoms with Crippen LogP contribution in [0.15, 0.2) is 17.5 Å². The van der Waals surface area contributed by atoms with E-state index in [2.05, 4.69) is 34.8 Å².